The second kappa shape index (κ2) is 11.8. The molecule has 0 spiro atoms. The van der Waals surface area contributed by atoms with Crippen LogP contribution in [0.3, 0.4) is 0 Å². The Kier molecular flexibility index (Phi) is 8.20. The lowest BCUT2D eigenvalue weighted by Crippen LogP contribution is -2.40. The third kappa shape index (κ3) is 5.55. The van der Waals surface area contributed by atoms with E-state index in [1.165, 1.54) is 28.0 Å². The van der Waals surface area contributed by atoms with E-state index in [-0.39, 0.29) is 34.4 Å². The number of benzene rings is 2. The quantitative estimate of drug-likeness (QED) is 0.274. The third-order valence-electron chi connectivity index (χ3n) is 6.48. The number of para-hydroxylation sites is 1. The predicted molar refractivity (Wildman–Crippen MR) is 159 cm³/mol. The molecule has 42 heavy (non-hydrogen) atoms. The van der Waals surface area contributed by atoms with Gasteiger partial charge in [0.15, 0.2) is 4.80 Å². The first-order chi connectivity index (χ1) is 20.1. The lowest BCUT2D eigenvalue weighted by molar-refractivity contribution is -0.139. The molecule has 0 aliphatic carbocycles. The molecule has 9 nitrogen and oxygen atoms in total. The van der Waals surface area contributed by atoms with Gasteiger partial charge in [-0.2, -0.15) is 0 Å². The molecule has 1 aliphatic rings. The molecule has 2 aromatic carbocycles. The highest BCUT2D eigenvalue weighted by Crippen LogP contribution is 2.36. The van der Waals surface area contributed by atoms with Crippen LogP contribution in [-0.4, -0.2) is 34.3 Å². The maximum Gasteiger partial charge on any atom is 0.338 e. The molecule has 0 radical (unpaired) electrons. The number of thiazole rings is 1. The van der Waals surface area contributed by atoms with Gasteiger partial charge in [0.25, 0.3) is 5.56 Å². The van der Waals surface area contributed by atoms with Crippen molar-refractivity contribution in [1.29, 1.82) is 0 Å². The number of hydrogen-bond donors (Lipinski definition) is 1. The Bertz CT molecular complexity index is 1920. The van der Waals surface area contributed by atoms with Crippen LogP contribution in [0.15, 0.2) is 80.1 Å². The summed E-state index contributed by atoms with van der Waals surface area (Å²) in [6, 6.07) is 14.4. The van der Waals surface area contributed by atoms with Gasteiger partial charge in [0.05, 0.1) is 39.1 Å². The van der Waals surface area contributed by atoms with Crippen LogP contribution in [0.2, 0.25) is 5.02 Å². The minimum Gasteiger partial charge on any atom is -0.491 e. The van der Waals surface area contributed by atoms with Crippen molar-refractivity contribution in [3.05, 3.63) is 107 Å². The SMILES string of the molecule is CCOC(=O)C1=C(C)N=c2s/c(=C/c3ccc(-c4ccc(C(=O)O)c(Cl)c4)o3)c(=O)n2[C@@H]1c1ccccc1OC(C)C. The minimum absolute atomic E-state index is 0.0132. The number of carbonyl (C=O) groups excluding carboxylic acids is 1. The number of aromatic carboxylic acids is 1. The highest BCUT2D eigenvalue weighted by molar-refractivity contribution is 7.07. The molecule has 0 unspecified atom stereocenters. The van der Waals surface area contributed by atoms with Crippen LogP contribution >= 0.6 is 22.9 Å². The summed E-state index contributed by atoms with van der Waals surface area (Å²) >= 11 is 7.30. The zero-order valence-electron chi connectivity index (χ0n) is 23.2. The van der Waals surface area contributed by atoms with Gasteiger partial charge < -0.3 is 19.0 Å². The number of aromatic nitrogens is 1. The van der Waals surface area contributed by atoms with Crippen LogP contribution < -0.4 is 19.6 Å². The summed E-state index contributed by atoms with van der Waals surface area (Å²) in [5.74, 6) is -0.284. The van der Waals surface area contributed by atoms with Crippen molar-refractivity contribution in [2.24, 2.45) is 4.99 Å². The number of carboxylic acid groups (broad SMARTS) is 1. The molecule has 216 valence electrons. The van der Waals surface area contributed by atoms with E-state index in [4.69, 9.17) is 25.5 Å². The zero-order chi connectivity index (χ0) is 30.1. The molecule has 5 rings (SSSR count). The molecule has 0 amide bonds. The van der Waals surface area contributed by atoms with Crippen molar-refractivity contribution >= 4 is 41.0 Å². The van der Waals surface area contributed by atoms with Gasteiger partial charge in [-0.25, -0.2) is 14.6 Å². The van der Waals surface area contributed by atoms with E-state index < -0.39 is 18.0 Å². The molecule has 0 bridgehead atoms. The van der Waals surface area contributed by atoms with E-state index in [2.05, 4.69) is 4.99 Å². The number of carbonyl (C=O) groups is 2. The highest BCUT2D eigenvalue weighted by Gasteiger charge is 2.35. The summed E-state index contributed by atoms with van der Waals surface area (Å²) in [4.78, 5) is 43.5. The fourth-order valence-electron chi connectivity index (χ4n) is 4.71. The van der Waals surface area contributed by atoms with Crippen LogP contribution in [0.1, 0.15) is 55.4 Å². The van der Waals surface area contributed by atoms with Gasteiger partial charge in [-0.3, -0.25) is 9.36 Å². The number of hydrogen-bond acceptors (Lipinski definition) is 8. The predicted octanol–water partition coefficient (Wildman–Crippen LogP) is 5.20. The molecular formula is C31H27ClN2O7S. The van der Waals surface area contributed by atoms with Crippen LogP contribution in [0.5, 0.6) is 5.75 Å². The van der Waals surface area contributed by atoms with Crippen molar-refractivity contribution in [2.45, 2.75) is 39.8 Å². The van der Waals surface area contributed by atoms with E-state index in [0.29, 0.717) is 43.4 Å². The number of nitrogens with zero attached hydrogens (tertiary/aromatic N) is 2. The number of esters is 1. The van der Waals surface area contributed by atoms with Gasteiger partial charge in [0.2, 0.25) is 0 Å². The lowest BCUT2D eigenvalue weighted by Gasteiger charge is -2.26. The Morgan fingerprint density at radius 3 is 2.64 bits per heavy atom. The molecule has 0 saturated carbocycles. The van der Waals surface area contributed by atoms with E-state index in [0.717, 1.165) is 0 Å². The number of ether oxygens (including phenoxy) is 2. The molecule has 2 aromatic heterocycles. The van der Waals surface area contributed by atoms with E-state index in [1.807, 2.05) is 38.1 Å². The van der Waals surface area contributed by atoms with Crippen molar-refractivity contribution < 1.29 is 28.6 Å². The summed E-state index contributed by atoms with van der Waals surface area (Å²) in [5.41, 5.74) is 1.57. The number of furan rings is 1. The number of carboxylic acids is 1. The molecule has 0 saturated heterocycles. The lowest BCUT2D eigenvalue weighted by atomic mass is 9.95. The van der Waals surface area contributed by atoms with Crippen LogP contribution in [0.4, 0.5) is 0 Å². The van der Waals surface area contributed by atoms with Crippen LogP contribution in [-0.2, 0) is 9.53 Å². The molecule has 0 fully saturated rings. The Morgan fingerprint density at radius 1 is 1.19 bits per heavy atom. The molecule has 3 heterocycles. The Labute approximate surface area is 249 Å². The van der Waals surface area contributed by atoms with E-state index in [9.17, 15) is 19.5 Å². The number of allylic oxidation sites excluding steroid dienone is 1. The number of halogens is 1. The van der Waals surface area contributed by atoms with Gasteiger partial charge in [0, 0.05) is 17.2 Å². The maximum absolute atomic E-state index is 13.9. The standard InChI is InChI=1S/C31H27ClN2O7S/c1-5-39-30(38)26-17(4)33-31-34(27(26)21-8-6-7-9-24(21)40-16(2)3)28(35)25(42-31)15-19-11-13-23(41-19)18-10-12-20(29(36)37)22(32)14-18/h6-16,27H,5H2,1-4H3,(H,36,37)/b25-15+/t27-/m1/s1. The average Bonchev–Trinajstić information content (AvgIpc) is 3.52. The van der Waals surface area contributed by atoms with E-state index >= 15 is 0 Å². The van der Waals surface area contributed by atoms with Crippen molar-refractivity contribution in [2.75, 3.05) is 6.61 Å². The maximum atomic E-state index is 13.9. The molecule has 1 aliphatic heterocycles. The van der Waals surface area contributed by atoms with Crippen molar-refractivity contribution in [1.82, 2.24) is 4.57 Å². The van der Waals surface area contributed by atoms with Gasteiger partial charge >= 0.3 is 11.9 Å². The minimum atomic E-state index is -1.12. The normalized spacial score (nSPS) is 15.0. The first-order valence-corrected chi connectivity index (χ1v) is 14.4. The van der Waals surface area contributed by atoms with Gasteiger partial charge in [-0.05, 0) is 58.0 Å². The fourth-order valence-corrected chi connectivity index (χ4v) is 6.00. The topological polar surface area (TPSA) is 120 Å². The monoisotopic (exact) mass is 606 g/mol. The largest absolute Gasteiger partial charge is 0.491 e. The molecule has 1 N–H and O–H groups in total. The van der Waals surface area contributed by atoms with Crippen molar-refractivity contribution in [3.63, 3.8) is 0 Å². The Morgan fingerprint density at radius 2 is 1.95 bits per heavy atom. The highest BCUT2D eigenvalue weighted by atomic mass is 35.5. The third-order valence-corrected chi connectivity index (χ3v) is 7.77. The Balaban J connectivity index is 1.63. The number of rotatable bonds is 8. The molecule has 11 heteroatoms. The van der Waals surface area contributed by atoms with Gasteiger partial charge in [-0.1, -0.05) is 47.2 Å². The first-order valence-electron chi connectivity index (χ1n) is 13.2. The zero-order valence-corrected chi connectivity index (χ0v) is 24.8. The fraction of sp³-hybridized carbons (Fsp3) is 0.226. The summed E-state index contributed by atoms with van der Waals surface area (Å²) in [6.45, 7) is 7.42. The molecule has 4 aromatic rings. The second-order valence-electron chi connectivity index (χ2n) is 9.71. The van der Waals surface area contributed by atoms with Crippen LogP contribution in [0.25, 0.3) is 17.4 Å². The summed E-state index contributed by atoms with van der Waals surface area (Å²) in [5, 5.41) is 9.32. The molecular weight excluding hydrogens is 580 g/mol. The average molecular weight is 607 g/mol. The molecule has 1 atom stereocenters. The summed E-state index contributed by atoms with van der Waals surface area (Å²) in [6.07, 6.45) is 1.47. The number of fused-ring (bicyclic) bond motifs is 1. The summed E-state index contributed by atoms with van der Waals surface area (Å²) in [7, 11) is 0. The smallest absolute Gasteiger partial charge is 0.338 e. The van der Waals surface area contributed by atoms with E-state index in [1.54, 1.807) is 38.1 Å². The Hall–Kier alpha value is -4.41. The summed E-state index contributed by atoms with van der Waals surface area (Å²) < 4.78 is 19.3. The second-order valence-corrected chi connectivity index (χ2v) is 11.1. The van der Waals surface area contributed by atoms with Crippen LogP contribution in [0, 0.1) is 0 Å². The van der Waals surface area contributed by atoms with Gasteiger partial charge in [0.1, 0.15) is 23.3 Å². The van der Waals surface area contributed by atoms with Crippen molar-refractivity contribution in [3.8, 4) is 17.1 Å². The first kappa shape index (κ1) is 29.1. The van der Waals surface area contributed by atoms with Gasteiger partial charge in [-0.15, -0.1) is 0 Å².